The molecule has 3 rings (SSSR count). The summed E-state index contributed by atoms with van der Waals surface area (Å²) in [6, 6.07) is 12.1. The summed E-state index contributed by atoms with van der Waals surface area (Å²) in [5.74, 6) is 0.174. The minimum absolute atomic E-state index is 0.174. The Balaban J connectivity index is 1.81. The molecular weight excluding hydrogens is 302 g/mol. The summed E-state index contributed by atoms with van der Waals surface area (Å²) in [4.78, 5) is 16.6. The third-order valence-electron chi connectivity index (χ3n) is 4.01. The summed E-state index contributed by atoms with van der Waals surface area (Å²) in [7, 11) is 0. The SMILES string of the molecule is C[C@@H]1CCCCN1C(=O)c1ccc(-c2ccc(Cl)cc2)s1. The highest BCUT2D eigenvalue weighted by Gasteiger charge is 2.25. The van der Waals surface area contributed by atoms with Crippen LogP contribution >= 0.6 is 22.9 Å². The van der Waals surface area contributed by atoms with E-state index in [0.717, 1.165) is 39.7 Å². The van der Waals surface area contributed by atoms with Gasteiger partial charge in [0, 0.05) is 22.5 Å². The number of carbonyl (C=O) groups excluding carboxylic acids is 1. The van der Waals surface area contributed by atoms with E-state index < -0.39 is 0 Å². The number of nitrogens with zero attached hydrogens (tertiary/aromatic N) is 1. The molecule has 1 aromatic carbocycles. The highest BCUT2D eigenvalue weighted by molar-refractivity contribution is 7.17. The van der Waals surface area contributed by atoms with Crippen LogP contribution in [0.25, 0.3) is 10.4 Å². The Labute approximate surface area is 134 Å². The van der Waals surface area contributed by atoms with Gasteiger partial charge in [0.05, 0.1) is 4.88 Å². The van der Waals surface area contributed by atoms with Crippen molar-refractivity contribution in [3.8, 4) is 10.4 Å². The van der Waals surface area contributed by atoms with E-state index >= 15 is 0 Å². The van der Waals surface area contributed by atoms with Crippen LogP contribution in [-0.2, 0) is 0 Å². The number of benzene rings is 1. The minimum Gasteiger partial charge on any atom is -0.335 e. The topological polar surface area (TPSA) is 20.3 Å². The van der Waals surface area contributed by atoms with Crippen LogP contribution in [0, 0.1) is 0 Å². The largest absolute Gasteiger partial charge is 0.335 e. The average Bonchev–Trinajstić information content (AvgIpc) is 2.98. The van der Waals surface area contributed by atoms with Crippen LogP contribution in [0.1, 0.15) is 35.9 Å². The molecule has 0 aliphatic carbocycles. The maximum atomic E-state index is 12.6. The second-order valence-corrected chi connectivity index (χ2v) is 7.03. The van der Waals surface area contributed by atoms with Gasteiger partial charge in [0.25, 0.3) is 5.91 Å². The summed E-state index contributed by atoms with van der Waals surface area (Å²) >= 11 is 7.48. The van der Waals surface area contributed by atoms with Gasteiger partial charge < -0.3 is 4.90 Å². The number of rotatable bonds is 2. The van der Waals surface area contributed by atoms with Gasteiger partial charge >= 0.3 is 0 Å². The van der Waals surface area contributed by atoms with Crippen molar-refractivity contribution in [1.29, 1.82) is 0 Å². The summed E-state index contributed by atoms with van der Waals surface area (Å²) in [5, 5.41) is 0.730. The van der Waals surface area contributed by atoms with Gasteiger partial charge in [-0.05, 0) is 56.0 Å². The maximum absolute atomic E-state index is 12.6. The molecule has 1 aliphatic heterocycles. The smallest absolute Gasteiger partial charge is 0.264 e. The van der Waals surface area contributed by atoms with Crippen LogP contribution in [0.2, 0.25) is 5.02 Å². The molecule has 0 spiro atoms. The third kappa shape index (κ3) is 3.14. The maximum Gasteiger partial charge on any atom is 0.264 e. The molecule has 1 atom stereocenters. The van der Waals surface area contributed by atoms with E-state index in [1.54, 1.807) is 11.3 Å². The van der Waals surface area contributed by atoms with Gasteiger partial charge in [0.1, 0.15) is 0 Å². The van der Waals surface area contributed by atoms with Crippen molar-refractivity contribution in [3.63, 3.8) is 0 Å². The molecule has 21 heavy (non-hydrogen) atoms. The number of likely N-dealkylation sites (tertiary alicyclic amines) is 1. The highest BCUT2D eigenvalue weighted by Crippen LogP contribution is 2.30. The zero-order valence-electron chi connectivity index (χ0n) is 12.0. The number of hydrogen-bond acceptors (Lipinski definition) is 2. The van der Waals surface area contributed by atoms with Crippen molar-refractivity contribution in [3.05, 3.63) is 46.3 Å². The third-order valence-corrected chi connectivity index (χ3v) is 5.38. The van der Waals surface area contributed by atoms with E-state index in [2.05, 4.69) is 6.92 Å². The molecule has 0 N–H and O–H groups in total. The quantitative estimate of drug-likeness (QED) is 0.755. The Kier molecular flexibility index (Phi) is 4.32. The number of carbonyl (C=O) groups is 1. The molecule has 110 valence electrons. The number of halogens is 1. The predicted octanol–water partition coefficient (Wildman–Crippen LogP) is 5.08. The minimum atomic E-state index is 0.174. The van der Waals surface area contributed by atoms with Crippen LogP contribution < -0.4 is 0 Å². The highest BCUT2D eigenvalue weighted by atomic mass is 35.5. The molecule has 1 saturated heterocycles. The Morgan fingerprint density at radius 2 is 1.95 bits per heavy atom. The fourth-order valence-corrected chi connectivity index (χ4v) is 3.86. The molecular formula is C17H18ClNOS. The Morgan fingerprint density at radius 1 is 1.19 bits per heavy atom. The van der Waals surface area contributed by atoms with E-state index in [0.29, 0.717) is 6.04 Å². The normalized spacial score (nSPS) is 18.8. The van der Waals surface area contributed by atoms with Crippen molar-refractivity contribution in [2.24, 2.45) is 0 Å². The summed E-state index contributed by atoms with van der Waals surface area (Å²) in [6.07, 6.45) is 3.46. The fourth-order valence-electron chi connectivity index (χ4n) is 2.76. The standard InChI is InChI=1S/C17H18ClNOS/c1-12-4-2-3-11-19(12)17(20)16-10-9-15(21-16)13-5-7-14(18)8-6-13/h5-10,12H,2-4,11H2,1H3/t12-/m1/s1. The molecule has 4 heteroatoms. The first-order valence-electron chi connectivity index (χ1n) is 7.32. The molecule has 0 saturated carbocycles. The van der Waals surface area contributed by atoms with Crippen LogP contribution in [0.3, 0.4) is 0 Å². The molecule has 2 aromatic rings. The van der Waals surface area contributed by atoms with E-state index in [4.69, 9.17) is 11.6 Å². The van der Waals surface area contributed by atoms with Gasteiger partial charge in [-0.1, -0.05) is 23.7 Å². The number of amides is 1. The molecule has 1 fully saturated rings. The monoisotopic (exact) mass is 319 g/mol. The summed E-state index contributed by atoms with van der Waals surface area (Å²) in [5.41, 5.74) is 1.11. The van der Waals surface area contributed by atoms with Gasteiger partial charge in [-0.15, -0.1) is 11.3 Å². The molecule has 0 radical (unpaired) electrons. The Morgan fingerprint density at radius 3 is 2.67 bits per heavy atom. The lowest BCUT2D eigenvalue weighted by molar-refractivity contribution is 0.0640. The fraction of sp³-hybridized carbons (Fsp3) is 0.353. The molecule has 1 amide bonds. The van der Waals surface area contributed by atoms with Crippen molar-refractivity contribution < 1.29 is 4.79 Å². The van der Waals surface area contributed by atoms with Gasteiger partial charge in [-0.25, -0.2) is 0 Å². The predicted molar refractivity (Wildman–Crippen MR) is 89.1 cm³/mol. The Bertz CT molecular complexity index is 634. The second kappa shape index (κ2) is 6.20. The van der Waals surface area contributed by atoms with Crippen molar-refractivity contribution in [2.45, 2.75) is 32.2 Å². The average molecular weight is 320 g/mol. The van der Waals surface area contributed by atoms with Gasteiger partial charge in [-0.2, -0.15) is 0 Å². The number of thiophene rings is 1. The van der Waals surface area contributed by atoms with Gasteiger partial charge in [-0.3, -0.25) is 4.79 Å². The molecule has 0 bridgehead atoms. The van der Waals surface area contributed by atoms with Crippen molar-refractivity contribution in [1.82, 2.24) is 4.90 Å². The van der Waals surface area contributed by atoms with Crippen molar-refractivity contribution in [2.75, 3.05) is 6.54 Å². The van der Waals surface area contributed by atoms with Crippen LogP contribution in [-0.4, -0.2) is 23.4 Å². The summed E-state index contributed by atoms with van der Waals surface area (Å²) < 4.78 is 0. The first-order chi connectivity index (χ1) is 10.1. The molecule has 1 aromatic heterocycles. The first kappa shape index (κ1) is 14.6. The molecule has 0 unspecified atom stereocenters. The zero-order chi connectivity index (χ0) is 14.8. The van der Waals surface area contributed by atoms with Crippen LogP contribution in [0.5, 0.6) is 0 Å². The van der Waals surface area contributed by atoms with E-state index in [1.165, 1.54) is 6.42 Å². The van der Waals surface area contributed by atoms with Crippen LogP contribution in [0.15, 0.2) is 36.4 Å². The number of piperidine rings is 1. The second-order valence-electron chi connectivity index (χ2n) is 5.51. The van der Waals surface area contributed by atoms with E-state index in [9.17, 15) is 4.79 Å². The van der Waals surface area contributed by atoms with Crippen molar-refractivity contribution >= 4 is 28.8 Å². The van der Waals surface area contributed by atoms with E-state index in [-0.39, 0.29) is 5.91 Å². The first-order valence-corrected chi connectivity index (χ1v) is 8.51. The Hall–Kier alpha value is -1.32. The lowest BCUT2D eigenvalue weighted by atomic mass is 10.0. The molecule has 1 aliphatic rings. The lowest BCUT2D eigenvalue weighted by Crippen LogP contribution is -2.41. The van der Waals surface area contributed by atoms with Gasteiger partial charge in [0.2, 0.25) is 0 Å². The lowest BCUT2D eigenvalue weighted by Gasteiger charge is -2.33. The molecule has 2 nitrogen and oxygen atoms in total. The number of hydrogen-bond donors (Lipinski definition) is 0. The summed E-state index contributed by atoms with van der Waals surface area (Å²) in [6.45, 7) is 3.03. The van der Waals surface area contributed by atoms with E-state index in [1.807, 2.05) is 41.3 Å². The molecule has 2 heterocycles. The van der Waals surface area contributed by atoms with Crippen LogP contribution in [0.4, 0.5) is 0 Å². The van der Waals surface area contributed by atoms with Gasteiger partial charge in [0.15, 0.2) is 0 Å². The zero-order valence-corrected chi connectivity index (χ0v) is 13.6.